The number of esters is 1. The lowest BCUT2D eigenvalue weighted by Gasteiger charge is -2.21. The molecule has 0 bridgehead atoms. The third kappa shape index (κ3) is 13.9. The molecule has 0 aliphatic heterocycles. The van der Waals surface area contributed by atoms with Crippen molar-refractivity contribution in [2.75, 3.05) is 6.61 Å². The van der Waals surface area contributed by atoms with E-state index in [1.54, 1.807) is 39.0 Å². The Balaban J connectivity index is 0.00000120. The second kappa shape index (κ2) is 18.7. The highest BCUT2D eigenvalue weighted by Gasteiger charge is 2.21. The van der Waals surface area contributed by atoms with E-state index in [0.29, 0.717) is 12.2 Å². The first-order valence-corrected chi connectivity index (χ1v) is 13.0. The summed E-state index contributed by atoms with van der Waals surface area (Å²) in [5, 5.41) is 20.6. The van der Waals surface area contributed by atoms with Crippen LogP contribution in [0.1, 0.15) is 52.5 Å². The molecule has 0 saturated heterocycles. The number of aliphatic carboxylic acids is 1. The smallest absolute Gasteiger partial charge is 0.311 e. The Morgan fingerprint density at radius 1 is 1.02 bits per heavy atom. The van der Waals surface area contributed by atoms with Gasteiger partial charge in [0.2, 0.25) is 5.91 Å². The number of hydrogen-bond donors (Lipinski definition) is 2. The Labute approximate surface area is 234 Å². The highest BCUT2D eigenvalue weighted by molar-refractivity contribution is 5.82. The van der Waals surface area contributed by atoms with Gasteiger partial charge in [-0.2, -0.15) is 0 Å². The summed E-state index contributed by atoms with van der Waals surface area (Å²) in [6.07, 6.45) is 5.79. The molecule has 0 fully saturated rings. The number of rotatable bonds is 14. The summed E-state index contributed by atoms with van der Waals surface area (Å²) >= 11 is 0. The zero-order chi connectivity index (χ0) is 29.9. The van der Waals surface area contributed by atoms with Crippen LogP contribution in [-0.4, -0.2) is 40.7 Å². The normalized spacial score (nSPS) is 12.4. The topological polar surface area (TPSA) is 145 Å². The molecule has 2 aromatic rings. The van der Waals surface area contributed by atoms with E-state index in [4.69, 9.17) is 4.74 Å². The molecule has 1 amide bonds. The Bertz CT molecular complexity index is 1140. The fraction of sp³-hybridized carbons (Fsp3) is 0.367. The van der Waals surface area contributed by atoms with E-state index in [0.717, 1.165) is 16.7 Å². The number of hydrogen-bond acceptors (Lipinski definition) is 7. The van der Waals surface area contributed by atoms with Gasteiger partial charge in [-0.05, 0) is 62.5 Å². The van der Waals surface area contributed by atoms with Crippen LogP contribution in [0.5, 0.6) is 0 Å². The molecule has 216 valence electrons. The fourth-order valence-corrected chi connectivity index (χ4v) is 3.63. The monoisotopic (exact) mass is 554 g/mol. The maximum Gasteiger partial charge on any atom is 0.311 e. The predicted molar refractivity (Wildman–Crippen MR) is 151 cm³/mol. The lowest BCUT2D eigenvalue weighted by Crippen LogP contribution is -2.38. The number of carboxylic acids is 1. The van der Waals surface area contributed by atoms with Crippen LogP contribution in [0.2, 0.25) is 0 Å². The van der Waals surface area contributed by atoms with Gasteiger partial charge in [0.05, 0.1) is 18.9 Å². The Morgan fingerprint density at radius 2 is 1.65 bits per heavy atom. The van der Waals surface area contributed by atoms with E-state index in [-0.39, 0.29) is 37.8 Å². The van der Waals surface area contributed by atoms with E-state index in [1.165, 1.54) is 0 Å². The molecule has 0 aromatic heterocycles. The maximum absolute atomic E-state index is 12.5. The average molecular weight is 555 g/mol. The summed E-state index contributed by atoms with van der Waals surface area (Å²) in [4.78, 5) is 48.9. The number of carboxylic acid groups (broad SMARTS) is 1. The predicted octanol–water partition coefficient (Wildman–Crippen LogP) is 5.51. The molecular formula is C30H38N2O8. The summed E-state index contributed by atoms with van der Waals surface area (Å²) in [6.45, 7) is 6.89. The standard InChI is InChI=1S/C28H33NO5.C2H5NO3/c1-4-9-25(5-2)34-27(31)17-16-26(30)29-24(18-20(3)28(32)33)19-21-12-14-23(15-13-21)22-10-7-6-8-11-22;1-2-6-3(4)5/h4-15,20,24H,16-19H2,1-3H3,(H,29,30)(H,32,33);2H2,1H3/b9-4-,25-5+;/t20?,24-;/m0./s1. The van der Waals surface area contributed by atoms with Gasteiger partial charge in [0, 0.05) is 12.5 Å². The summed E-state index contributed by atoms with van der Waals surface area (Å²) in [5.74, 6) is -1.90. The van der Waals surface area contributed by atoms with Crippen molar-refractivity contribution < 1.29 is 34.2 Å². The number of carbonyl (C=O) groups is 3. The van der Waals surface area contributed by atoms with Gasteiger partial charge in [0.15, 0.2) is 0 Å². The number of allylic oxidation sites excluding steroid dienone is 3. The number of nitrogens with zero attached hydrogens (tertiary/aromatic N) is 1. The third-order valence-corrected chi connectivity index (χ3v) is 5.61. The van der Waals surface area contributed by atoms with Gasteiger partial charge in [-0.25, -0.2) is 0 Å². The Hall–Kier alpha value is -4.47. The van der Waals surface area contributed by atoms with Crippen molar-refractivity contribution in [2.45, 2.75) is 59.4 Å². The molecule has 0 heterocycles. The molecule has 2 rings (SSSR count). The van der Waals surface area contributed by atoms with Crippen LogP contribution >= 0.6 is 0 Å². The van der Waals surface area contributed by atoms with E-state index in [9.17, 15) is 29.6 Å². The summed E-state index contributed by atoms with van der Waals surface area (Å²) in [5.41, 5.74) is 3.19. The fourth-order valence-electron chi connectivity index (χ4n) is 3.63. The molecule has 2 aromatic carbocycles. The van der Waals surface area contributed by atoms with Crippen LogP contribution in [-0.2, 0) is 30.4 Å². The molecule has 1 unspecified atom stereocenters. The molecule has 40 heavy (non-hydrogen) atoms. The third-order valence-electron chi connectivity index (χ3n) is 5.61. The Kier molecular flexibility index (Phi) is 15.7. The van der Waals surface area contributed by atoms with Gasteiger partial charge in [0.1, 0.15) is 5.76 Å². The number of benzene rings is 2. The van der Waals surface area contributed by atoms with Crippen LogP contribution in [0, 0.1) is 16.0 Å². The Morgan fingerprint density at radius 3 is 2.15 bits per heavy atom. The first-order chi connectivity index (χ1) is 19.1. The van der Waals surface area contributed by atoms with Crippen molar-refractivity contribution in [3.63, 3.8) is 0 Å². The highest BCUT2D eigenvalue weighted by atomic mass is 16.9. The number of nitrogens with one attached hydrogen (secondary N) is 1. The zero-order valence-corrected chi connectivity index (χ0v) is 23.4. The lowest BCUT2D eigenvalue weighted by atomic mass is 9.95. The second-order valence-corrected chi connectivity index (χ2v) is 8.81. The SMILES string of the molecule is C/C=C\C(=C/C)OC(=O)CCC(=O)N[C@H](Cc1ccc(-c2ccccc2)cc1)CC(C)C(=O)O.CCO[N+](=O)[O-]. The molecule has 2 atom stereocenters. The number of carbonyl (C=O) groups excluding carboxylic acids is 2. The average Bonchev–Trinajstić information content (AvgIpc) is 2.92. The lowest BCUT2D eigenvalue weighted by molar-refractivity contribution is -0.756. The van der Waals surface area contributed by atoms with Crippen LogP contribution in [0.3, 0.4) is 0 Å². The van der Waals surface area contributed by atoms with Gasteiger partial charge in [-0.15, -0.1) is 10.1 Å². The number of amides is 1. The van der Waals surface area contributed by atoms with Crippen molar-refractivity contribution in [3.8, 4) is 11.1 Å². The molecule has 0 radical (unpaired) electrons. The van der Waals surface area contributed by atoms with Crippen LogP contribution in [0.25, 0.3) is 11.1 Å². The molecule has 2 N–H and O–H groups in total. The molecular weight excluding hydrogens is 516 g/mol. The summed E-state index contributed by atoms with van der Waals surface area (Å²) in [7, 11) is 0. The van der Waals surface area contributed by atoms with E-state index < -0.39 is 22.9 Å². The van der Waals surface area contributed by atoms with Gasteiger partial charge in [-0.3, -0.25) is 14.4 Å². The first-order valence-electron chi connectivity index (χ1n) is 13.0. The van der Waals surface area contributed by atoms with Gasteiger partial charge in [-0.1, -0.05) is 67.6 Å². The van der Waals surface area contributed by atoms with Gasteiger partial charge < -0.3 is 20.0 Å². The van der Waals surface area contributed by atoms with Crippen LogP contribution < -0.4 is 5.32 Å². The van der Waals surface area contributed by atoms with E-state index >= 15 is 0 Å². The minimum absolute atomic E-state index is 0.0312. The highest BCUT2D eigenvalue weighted by Crippen LogP contribution is 2.21. The van der Waals surface area contributed by atoms with E-state index in [1.807, 2.05) is 61.5 Å². The molecule has 10 nitrogen and oxygen atoms in total. The van der Waals surface area contributed by atoms with Crippen LogP contribution in [0.4, 0.5) is 0 Å². The minimum Gasteiger partial charge on any atom is -0.481 e. The van der Waals surface area contributed by atoms with Gasteiger partial charge in [0.25, 0.3) is 5.09 Å². The maximum atomic E-state index is 12.5. The second-order valence-electron chi connectivity index (χ2n) is 8.81. The quantitative estimate of drug-likeness (QED) is 0.102. The molecule has 0 aliphatic rings. The van der Waals surface area contributed by atoms with Gasteiger partial charge >= 0.3 is 11.9 Å². The molecule has 0 spiro atoms. The number of ether oxygens (including phenoxy) is 1. The van der Waals surface area contributed by atoms with E-state index in [2.05, 4.69) is 10.2 Å². The minimum atomic E-state index is -0.912. The van der Waals surface area contributed by atoms with Crippen molar-refractivity contribution in [1.29, 1.82) is 0 Å². The first kappa shape index (κ1) is 33.6. The molecule has 10 heteroatoms. The zero-order valence-electron chi connectivity index (χ0n) is 23.4. The molecule has 0 saturated carbocycles. The summed E-state index contributed by atoms with van der Waals surface area (Å²) in [6, 6.07) is 17.7. The van der Waals surface area contributed by atoms with Crippen molar-refractivity contribution >= 4 is 17.8 Å². The van der Waals surface area contributed by atoms with Crippen molar-refractivity contribution in [3.05, 3.63) is 94.3 Å². The molecule has 0 aliphatic carbocycles. The largest absolute Gasteiger partial charge is 0.481 e. The van der Waals surface area contributed by atoms with Crippen molar-refractivity contribution in [2.24, 2.45) is 5.92 Å². The van der Waals surface area contributed by atoms with Crippen molar-refractivity contribution in [1.82, 2.24) is 5.32 Å². The van der Waals surface area contributed by atoms with Crippen LogP contribution in [0.15, 0.2) is 78.6 Å². The summed E-state index contributed by atoms with van der Waals surface area (Å²) < 4.78 is 5.21.